The fourth-order valence-electron chi connectivity index (χ4n) is 2.52. The summed E-state index contributed by atoms with van der Waals surface area (Å²) in [5.74, 6) is -0.966. The Morgan fingerprint density at radius 2 is 2.10 bits per heavy atom. The summed E-state index contributed by atoms with van der Waals surface area (Å²) in [5.41, 5.74) is 5.68. The van der Waals surface area contributed by atoms with Crippen molar-refractivity contribution in [2.45, 2.75) is 25.3 Å². The van der Waals surface area contributed by atoms with Crippen molar-refractivity contribution >= 4 is 11.7 Å². The third kappa shape index (κ3) is 2.76. The van der Waals surface area contributed by atoms with Gasteiger partial charge >= 0.3 is 0 Å². The van der Waals surface area contributed by atoms with E-state index < -0.39 is 5.91 Å². The minimum Gasteiger partial charge on any atom is -0.508 e. The molecule has 108 valence electrons. The van der Waals surface area contributed by atoms with Gasteiger partial charge in [-0.15, -0.1) is 0 Å². The maximum atomic E-state index is 12.1. The highest BCUT2D eigenvalue weighted by molar-refractivity contribution is 5.97. The Morgan fingerprint density at radius 3 is 2.75 bits per heavy atom. The van der Waals surface area contributed by atoms with Crippen molar-refractivity contribution in [3.8, 4) is 11.5 Å². The number of carbonyl (C=O) groups excluding carboxylic acids is 1. The Labute approximate surface area is 115 Å². The number of hydrogen-bond donors (Lipinski definition) is 5. The number of hydrogen-bond acceptors (Lipinski definition) is 5. The van der Waals surface area contributed by atoms with Gasteiger partial charge in [0.05, 0.1) is 5.56 Å². The summed E-state index contributed by atoms with van der Waals surface area (Å²) < 4.78 is 0. The zero-order chi connectivity index (χ0) is 14.7. The summed E-state index contributed by atoms with van der Waals surface area (Å²) >= 11 is 0. The number of amidine groups is 1. The SMILES string of the molecule is N/C(=N/O)C1CCCC1NC(=O)c1ccc(O)cc1O. The summed E-state index contributed by atoms with van der Waals surface area (Å²) in [5, 5.41) is 33.3. The first-order valence-corrected chi connectivity index (χ1v) is 6.33. The lowest BCUT2D eigenvalue weighted by Gasteiger charge is -2.20. The fraction of sp³-hybridized carbons (Fsp3) is 0.385. The normalized spacial score (nSPS) is 22.7. The van der Waals surface area contributed by atoms with Crippen molar-refractivity contribution in [1.29, 1.82) is 0 Å². The van der Waals surface area contributed by atoms with E-state index in [0.29, 0.717) is 0 Å². The molecule has 1 amide bonds. The Balaban J connectivity index is 2.11. The van der Waals surface area contributed by atoms with Crippen molar-refractivity contribution in [1.82, 2.24) is 5.32 Å². The van der Waals surface area contributed by atoms with Gasteiger partial charge in [0.25, 0.3) is 5.91 Å². The van der Waals surface area contributed by atoms with Crippen LogP contribution in [-0.4, -0.2) is 33.2 Å². The quantitative estimate of drug-likeness (QED) is 0.241. The highest BCUT2D eigenvalue weighted by Crippen LogP contribution is 2.27. The number of oxime groups is 1. The number of rotatable bonds is 3. The van der Waals surface area contributed by atoms with E-state index in [1.807, 2.05) is 0 Å². The second-order valence-electron chi connectivity index (χ2n) is 4.84. The van der Waals surface area contributed by atoms with Crippen molar-refractivity contribution < 1.29 is 20.2 Å². The first-order valence-electron chi connectivity index (χ1n) is 6.33. The van der Waals surface area contributed by atoms with E-state index in [4.69, 9.17) is 10.9 Å². The number of phenolic OH excluding ortho intramolecular Hbond substituents is 2. The van der Waals surface area contributed by atoms with E-state index in [2.05, 4.69) is 10.5 Å². The molecule has 1 saturated carbocycles. The second kappa shape index (κ2) is 5.68. The van der Waals surface area contributed by atoms with Crippen molar-refractivity contribution in [2.24, 2.45) is 16.8 Å². The molecule has 1 aromatic carbocycles. The first-order chi connectivity index (χ1) is 9.52. The molecule has 0 aromatic heterocycles. The number of nitrogens with two attached hydrogens (primary N) is 1. The van der Waals surface area contributed by atoms with Crippen LogP contribution in [0.1, 0.15) is 29.6 Å². The first kappa shape index (κ1) is 14.0. The summed E-state index contributed by atoms with van der Waals surface area (Å²) in [4.78, 5) is 12.1. The van der Waals surface area contributed by atoms with E-state index in [1.54, 1.807) is 0 Å². The molecule has 20 heavy (non-hydrogen) atoms. The molecule has 0 spiro atoms. The van der Waals surface area contributed by atoms with Gasteiger partial charge in [-0.2, -0.15) is 0 Å². The molecule has 0 saturated heterocycles. The number of aromatic hydroxyl groups is 2. The molecule has 1 aliphatic rings. The summed E-state index contributed by atoms with van der Waals surface area (Å²) in [7, 11) is 0. The van der Waals surface area contributed by atoms with E-state index in [-0.39, 0.29) is 34.9 Å². The molecule has 0 aliphatic heterocycles. The fourth-order valence-corrected chi connectivity index (χ4v) is 2.52. The van der Waals surface area contributed by atoms with Crippen LogP contribution in [0, 0.1) is 5.92 Å². The van der Waals surface area contributed by atoms with Gasteiger partial charge in [-0.05, 0) is 25.0 Å². The minimum absolute atomic E-state index is 0.0768. The molecule has 1 aromatic rings. The number of nitrogens with one attached hydrogen (secondary N) is 1. The van der Waals surface area contributed by atoms with Gasteiger partial charge in [-0.3, -0.25) is 4.79 Å². The summed E-state index contributed by atoms with van der Waals surface area (Å²) in [6.07, 6.45) is 2.33. The van der Waals surface area contributed by atoms with Crippen LogP contribution in [-0.2, 0) is 0 Å². The molecule has 2 atom stereocenters. The van der Waals surface area contributed by atoms with Crippen LogP contribution in [0.5, 0.6) is 11.5 Å². The average Bonchev–Trinajstić information content (AvgIpc) is 2.85. The van der Waals surface area contributed by atoms with E-state index in [0.717, 1.165) is 25.3 Å². The highest BCUT2D eigenvalue weighted by Gasteiger charge is 2.32. The molecular formula is C13H17N3O4. The zero-order valence-corrected chi connectivity index (χ0v) is 10.8. The lowest BCUT2D eigenvalue weighted by molar-refractivity contribution is 0.0930. The molecule has 7 heteroatoms. The number of benzene rings is 1. The van der Waals surface area contributed by atoms with Gasteiger partial charge in [0.15, 0.2) is 0 Å². The minimum atomic E-state index is -0.454. The third-order valence-corrected chi connectivity index (χ3v) is 3.55. The van der Waals surface area contributed by atoms with Crippen molar-refractivity contribution in [3.63, 3.8) is 0 Å². The van der Waals surface area contributed by atoms with E-state index in [9.17, 15) is 15.0 Å². The van der Waals surface area contributed by atoms with Crippen LogP contribution >= 0.6 is 0 Å². The molecule has 2 unspecified atom stereocenters. The lowest BCUT2D eigenvalue weighted by atomic mass is 10.0. The molecule has 6 N–H and O–H groups in total. The molecule has 2 rings (SSSR count). The summed E-state index contributed by atoms with van der Waals surface area (Å²) in [6, 6.07) is 3.54. The van der Waals surface area contributed by atoms with Crippen LogP contribution in [0.4, 0.5) is 0 Å². The predicted octanol–water partition coefficient (Wildman–Crippen LogP) is 0.743. The summed E-state index contributed by atoms with van der Waals surface area (Å²) in [6.45, 7) is 0. The standard InChI is InChI=1S/C13H17N3O4/c14-12(16-20)8-2-1-3-10(8)15-13(19)9-5-4-7(17)6-11(9)18/h4-6,8,10,17-18,20H,1-3H2,(H2,14,16)(H,15,19). The van der Waals surface area contributed by atoms with Gasteiger partial charge in [0.1, 0.15) is 17.3 Å². The van der Waals surface area contributed by atoms with E-state index >= 15 is 0 Å². The van der Waals surface area contributed by atoms with E-state index in [1.165, 1.54) is 12.1 Å². The largest absolute Gasteiger partial charge is 0.508 e. The smallest absolute Gasteiger partial charge is 0.255 e. The third-order valence-electron chi connectivity index (χ3n) is 3.55. The molecule has 1 aliphatic carbocycles. The van der Waals surface area contributed by atoms with Gasteiger partial charge in [-0.25, -0.2) is 0 Å². The Bertz CT molecular complexity index is 544. The number of amides is 1. The molecular weight excluding hydrogens is 262 g/mol. The van der Waals surface area contributed by atoms with Gasteiger partial charge < -0.3 is 26.5 Å². The molecule has 0 radical (unpaired) electrons. The van der Waals surface area contributed by atoms with Gasteiger partial charge in [-0.1, -0.05) is 11.6 Å². The van der Waals surface area contributed by atoms with Crippen LogP contribution in [0.25, 0.3) is 0 Å². The Morgan fingerprint density at radius 1 is 1.35 bits per heavy atom. The van der Waals surface area contributed by atoms with Gasteiger partial charge in [0, 0.05) is 18.0 Å². The maximum absolute atomic E-state index is 12.1. The van der Waals surface area contributed by atoms with Crippen molar-refractivity contribution in [2.75, 3.05) is 0 Å². The average molecular weight is 279 g/mol. The predicted molar refractivity (Wildman–Crippen MR) is 71.8 cm³/mol. The maximum Gasteiger partial charge on any atom is 0.255 e. The highest BCUT2D eigenvalue weighted by atomic mass is 16.4. The lowest BCUT2D eigenvalue weighted by Crippen LogP contribution is -2.42. The van der Waals surface area contributed by atoms with Crippen LogP contribution in [0.3, 0.4) is 0 Å². The zero-order valence-electron chi connectivity index (χ0n) is 10.8. The van der Waals surface area contributed by atoms with Gasteiger partial charge in [0.2, 0.25) is 0 Å². The molecule has 0 heterocycles. The Hall–Kier alpha value is -2.44. The van der Waals surface area contributed by atoms with Crippen LogP contribution in [0.15, 0.2) is 23.4 Å². The second-order valence-corrected chi connectivity index (χ2v) is 4.84. The van der Waals surface area contributed by atoms with Crippen molar-refractivity contribution in [3.05, 3.63) is 23.8 Å². The van der Waals surface area contributed by atoms with Crippen LogP contribution in [0.2, 0.25) is 0 Å². The van der Waals surface area contributed by atoms with Crippen LogP contribution < -0.4 is 11.1 Å². The monoisotopic (exact) mass is 279 g/mol. The molecule has 1 fully saturated rings. The molecule has 7 nitrogen and oxygen atoms in total. The number of carbonyl (C=O) groups is 1. The number of nitrogens with zero attached hydrogens (tertiary/aromatic N) is 1. The molecule has 0 bridgehead atoms. The number of phenols is 2. The topological polar surface area (TPSA) is 128 Å². The Kier molecular flexibility index (Phi) is 3.97.